The minimum absolute atomic E-state index is 0.588. The van der Waals surface area contributed by atoms with Crippen LogP contribution >= 0.6 is 0 Å². The van der Waals surface area contributed by atoms with Crippen molar-refractivity contribution in [1.29, 1.82) is 0 Å². The van der Waals surface area contributed by atoms with E-state index in [1.165, 1.54) is 11.1 Å². The fraction of sp³-hybridized carbons (Fsp3) is 0.571. The summed E-state index contributed by atoms with van der Waals surface area (Å²) in [6.45, 7) is 10.1. The first-order valence-corrected chi connectivity index (χ1v) is 9.76. The molecule has 1 N–H and O–H groups in total. The number of hydrogen-bond acceptors (Lipinski definition) is 3. The predicted octanol–water partition coefficient (Wildman–Crippen LogP) is 2.32. The second kappa shape index (κ2) is 9.74. The van der Waals surface area contributed by atoms with Crippen LogP contribution in [0.4, 0.5) is 0 Å². The molecule has 0 radical (unpaired) electrons. The topological polar surface area (TPSA) is 40.1 Å². The van der Waals surface area contributed by atoms with Crippen molar-refractivity contribution in [2.75, 3.05) is 59.5 Å². The first kappa shape index (κ1) is 18.9. The molecule has 1 aromatic carbocycles. The maximum atomic E-state index is 5.43. The summed E-state index contributed by atoms with van der Waals surface area (Å²) in [5.41, 5.74) is 2.78. The zero-order chi connectivity index (χ0) is 18.2. The lowest BCUT2D eigenvalue weighted by atomic mass is 10.00. The number of nitrogens with one attached hydrogen (secondary N) is 1. The van der Waals surface area contributed by atoms with Crippen LogP contribution in [0.1, 0.15) is 18.9 Å². The zero-order valence-electron chi connectivity index (χ0n) is 16.2. The van der Waals surface area contributed by atoms with Crippen molar-refractivity contribution in [2.45, 2.75) is 13.3 Å². The van der Waals surface area contributed by atoms with E-state index in [2.05, 4.69) is 63.4 Å². The molecular formula is C21H32N4O. The summed E-state index contributed by atoms with van der Waals surface area (Å²) < 4.78 is 5.43. The fourth-order valence-electron chi connectivity index (χ4n) is 3.66. The van der Waals surface area contributed by atoms with Crippen molar-refractivity contribution in [2.24, 2.45) is 10.9 Å². The van der Waals surface area contributed by atoms with E-state index in [-0.39, 0.29) is 0 Å². The maximum Gasteiger partial charge on any atom is 0.193 e. The van der Waals surface area contributed by atoms with Crippen molar-refractivity contribution in [3.8, 4) is 0 Å². The molecule has 0 saturated carbocycles. The van der Waals surface area contributed by atoms with Gasteiger partial charge in [-0.1, -0.05) is 43.3 Å². The zero-order valence-corrected chi connectivity index (χ0v) is 16.2. The minimum atomic E-state index is 0.588. The Kier molecular flexibility index (Phi) is 7.09. The van der Waals surface area contributed by atoms with Gasteiger partial charge in [-0.2, -0.15) is 0 Å². The summed E-state index contributed by atoms with van der Waals surface area (Å²) in [5.74, 6) is 1.60. The molecular weight excluding hydrogens is 324 g/mol. The number of benzene rings is 1. The van der Waals surface area contributed by atoms with E-state index in [9.17, 15) is 0 Å². The van der Waals surface area contributed by atoms with Crippen LogP contribution < -0.4 is 5.32 Å². The van der Waals surface area contributed by atoms with Gasteiger partial charge >= 0.3 is 0 Å². The largest absolute Gasteiger partial charge is 0.379 e. The Hall–Kier alpha value is -1.85. The van der Waals surface area contributed by atoms with Gasteiger partial charge in [0.15, 0.2) is 5.96 Å². The van der Waals surface area contributed by atoms with Crippen LogP contribution in [0.25, 0.3) is 5.57 Å². The van der Waals surface area contributed by atoms with E-state index in [4.69, 9.17) is 4.74 Å². The monoisotopic (exact) mass is 356 g/mol. The molecule has 2 heterocycles. The molecule has 1 aromatic rings. The average Bonchev–Trinajstić information content (AvgIpc) is 2.70. The Morgan fingerprint density at radius 3 is 2.62 bits per heavy atom. The van der Waals surface area contributed by atoms with Crippen LogP contribution in [0.5, 0.6) is 0 Å². The first-order chi connectivity index (χ1) is 12.8. The maximum absolute atomic E-state index is 5.43. The molecule has 2 aliphatic rings. The molecule has 3 rings (SSSR count). The molecule has 0 aromatic heterocycles. The van der Waals surface area contributed by atoms with E-state index in [0.717, 1.165) is 64.9 Å². The standard InChI is InChI=1S/C21H32N4O/c1-18(17-24-12-14-26-15-13-24)16-23-21(22-2)25-10-8-20(9-11-25)19-6-4-3-5-7-19/h3-8,18H,9-17H2,1-2H3,(H,22,23). The summed E-state index contributed by atoms with van der Waals surface area (Å²) >= 11 is 0. The van der Waals surface area contributed by atoms with E-state index >= 15 is 0 Å². The van der Waals surface area contributed by atoms with Gasteiger partial charge in [-0.05, 0) is 23.5 Å². The SMILES string of the molecule is CN=C(NCC(C)CN1CCOCC1)N1CC=C(c2ccccc2)CC1. The van der Waals surface area contributed by atoms with Crippen LogP contribution in [-0.2, 0) is 4.74 Å². The van der Waals surface area contributed by atoms with Gasteiger partial charge in [-0.15, -0.1) is 0 Å². The molecule has 1 saturated heterocycles. The molecule has 142 valence electrons. The van der Waals surface area contributed by atoms with Crippen LogP contribution in [-0.4, -0.2) is 75.3 Å². The molecule has 0 aliphatic carbocycles. The lowest BCUT2D eigenvalue weighted by molar-refractivity contribution is 0.0320. The van der Waals surface area contributed by atoms with Crippen molar-refractivity contribution in [1.82, 2.24) is 15.1 Å². The molecule has 5 nitrogen and oxygen atoms in total. The molecule has 5 heteroatoms. The Labute approximate surface area is 157 Å². The van der Waals surface area contributed by atoms with Gasteiger partial charge < -0.3 is 15.0 Å². The number of guanidine groups is 1. The molecule has 1 atom stereocenters. The molecule has 0 bridgehead atoms. The fourth-order valence-corrected chi connectivity index (χ4v) is 3.66. The molecule has 0 amide bonds. The predicted molar refractivity (Wildman–Crippen MR) is 108 cm³/mol. The number of hydrogen-bond donors (Lipinski definition) is 1. The van der Waals surface area contributed by atoms with Gasteiger partial charge in [0, 0.05) is 46.3 Å². The van der Waals surface area contributed by atoms with Gasteiger partial charge in [0.1, 0.15) is 0 Å². The van der Waals surface area contributed by atoms with Gasteiger partial charge in [0.25, 0.3) is 0 Å². The first-order valence-electron chi connectivity index (χ1n) is 9.76. The highest BCUT2D eigenvalue weighted by atomic mass is 16.5. The summed E-state index contributed by atoms with van der Waals surface area (Å²) in [6, 6.07) is 10.7. The van der Waals surface area contributed by atoms with Gasteiger partial charge in [-0.3, -0.25) is 9.89 Å². The molecule has 1 fully saturated rings. The summed E-state index contributed by atoms with van der Waals surface area (Å²) in [5, 5.41) is 3.57. The Morgan fingerprint density at radius 1 is 1.19 bits per heavy atom. The van der Waals surface area contributed by atoms with Crippen molar-refractivity contribution < 1.29 is 4.74 Å². The van der Waals surface area contributed by atoms with Crippen molar-refractivity contribution >= 4 is 11.5 Å². The minimum Gasteiger partial charge on any atom is -0.379 e. The third-order valence-electron chi connectivity index (χ3n) is 5.15. The number of ether oxygens (including phenoxy) is 1. The number of morpholine rings is 1. The summed E-state index contributed by atoms with van der Waals surface area (Å²) in [6.07, 6.45) is 3.40. The van der Waals surface area contributed by atoms with Crippen LogP contribution in [0.15, 0.2) is 41.4 Å². The molecule has 2 aliphatic heterocycles. The highest BCUT2D eigenvalue weighted by molar-refractivity contribution is 5.81. The number of aliphatic imine (C=N–C) groups is 1. The van der Waals surface area contributed by atoms with Crippen LogP contribution in [0.2, 0.25) is 0 Å². The highest BCUT2D eigenvalue weighted by Crippen LogP contribution is 2.21. The lowest BCUT2D eigenvalue weighted by Crippen LogP contribution is -2.46. The average molecular weight is 357 g/mol. The quantitative estimate of drug-likeness (QED) is 0.649. The number of nitrogens with zero attached hydrogens (tertiary/aromatic N) is 3. The van der Waals surface area contributed by atoms with Gasteiger partial charge in [0.05, 0.1) is 13.2 Å². The van der Waals surface area contributed by atoms with E-state index < -0.39 is 0 Å². The van der Waals surface area contributed by atoms with E-state index in [1.807, 2.05) is 7.05 Å². The van der Waals surface area contributed by atoms with Crippen LogP contribution in [0.3, 0.4) is 0 Å². The normalized spacial score (nSPS) is 20.6. The Morgan fingerprint density at radius 2 is 1.96 bits per heavy atom. The van der Waals surface area contributed by atoms with Gasteiger partial charge in [-0.25, -0.2) is 0 Å². The molecule has 1 unspecified atom stereocenters. The van der Waals surface area contributed by atoms with Crippen molar-refractivity contribution in [3.05, 3.63) is 42.0 Å². The molecule has 0 spiro atoms. The molecule has 26 heavy (non-hydrogen) atoms. The highest BCUT2D eigenvalue weighted by Gasteiger charge is 2.18. The second-order valence-corrected chi connectivity index (χ2v) is 7.24. The Bertz CT molecular complexity index is 608. The van der Waals surface area contributed by atoms with Crippen LogP contribution in [0, 0.1) is 5.92 Å². The van der Waals surface area contributed by atoms with Gasteiger partial charge in [0.2, 0.25) is 0 Å². The summed E-state index contributed by atoms with van der Waals surface area (Å²) in [4.78, 5) is 9.33. The smallest absolute Gasteiger partial charge is 0.193 e. The Balaban J connectivity index is 1.46. The third-order valence-corrected chi connectivity index (χ3v) is 5.15. The van der Waals surface area contributed by atoms with E-state index in [0.29, 0.717) is 5.92 Å². The lowest BCUT2D eigenvalue weighted by Gasteiger charge is -2.32. The summed E-state index contributed by atoms with van der Waals surface area (Å²) in [7, 11) is 1.88. The second-order valence-electron chi connectivity index (χ2n) is 7.24. The van der Waals surface area contributed by atoms with E-state index in [1.54, 1.807) is 0 Å². The third kappa shape index (κ3) is 5.32. The number of rotatable bonds is 5. The van der Waals surface area contributed by atoms with Crippen molar-refractivity contribution in [3.63, 3.8) is 0 Å².